The van der Waals surface area contributed by atoms with Crippen LogP contribution >= 0.6 is 0 Å². The van der Waals surface area contributed by atoms with Gasteiger partial charge in [0.25, 0.3) is 0 Å². The van der Waals surface area contributed by atoms with E-state index in [4.69, 9.17) is 0 Å². The summed E-state index contributed by atoms with van der Waals surface area (Å²) in [5.41, 5.74) is 1.36. The Kier molecular flexibility index (Phi) is 2.67. The molecule has 0 bridgehead atoms. The predicted octanol–water partition coefficient (Wildman–Crippen LogP) is 1.79. The third kappa shape index (κ3) is 1.58. The van der Waals surface area contributed by atoms with Crippen LogP contribution in [0, 0.1) is 0 Å². The van der Waals surface area contributed by atoms with E-state index in [0.717, 1.165) is 10.9 Å². The van der Waals surface area contributed by atoms with E-state index < -0.39 is 0 Å². The number of nitrogens with zero attached hydrogens (tertiary/aromatic N) is 4. The highest BCUT2D eigenvalue weighted by Crippen LogP contribution is 2.17. The number of fused-ring (bicyclic) bond motifs is 3. The lowest BCUT2D eigenvalue weighted by Crippen LogP contribution is -2.27. The summed E-state index contributed by atoms with van der Waals surface area (Å²) in [6.45, 7) is 6.14. The minimum absolute atomic E-state index is 0.115. The van der Waals surface area contributed by atoms with Gasteiger partial charge in [-0.15, -0.1) is 16.8 Å². The number of aromatic nitrogens is 4. The van der Waals surface area contributed by atoms with Crippen LogP contribution in [0.1, 0.15) is 12.7 Å². The van der Waals surface area contributed by atoms with E-state index in [9.17, 15) is 4.79 Å². The SMILES string of the molecule is C=CCn1c(=O)n2c(CC)nnc2c2ccccc21. The normalized spacial score (nSPS) is 11.2. The summed E-state index contributed by atoms with van der Waals surface area (Å²) in [5.74, 6) is 0.684. The molecule has 0 atom stereocenters. The number of hydrogen-bond donors (Lipinski definition) is 0. The average molecular weight is 254 g/mol. The van der Waals surface area contributed by atoms with Crippen LogP contribution in [0.15, 0.2) is 41.7 Å². The summed E-state index contributed by atoms with van der Waals surface area (Å²) in [5, 5.41) is 9.18. The third-order valence-electron chi connectivity index (χ3n) is 3.22. The molecule has 5 heteroatoms. The van der Waals surface area contributed by atoms with E-state index >= 15 is 0 Å². The van der Waals surface area contributed by atoms with Crippen LogP contribution in [-0.4, -0.2) is 19.2 Å². The fourth-order valence-electron chi connectivity index (χ4n) is 2.35. The van der Waals surface area contributed by atoms with Crippen molar-refractivity contribution in [3.63, 3.8) is 0 Å². The standard InChI is InChI=1S/C14H14N4O/c1-3-9-17-11-8-6-5-7-10(11)13-16-15-12(4-2)18(13)14(17)19/h3,5-8H,1,4,9H2,2H3. The van der Waals surface area contributed by atoms with Crippen LogP contribution in [0.25, 0.3) is 16.6 Å². The number of benzene rings is 1. The number of para-hydroxylation sites is 1. The molecule has 96 valence electrons. The highest BCUT2D eigenvalue weighted by atomic mass is 16.1. The third-order valence-corrected chi connectivity index (χ3v) is 3.22. The Morgan fingerprint density at radius 2 is 2.11 bits per heavy atom. The molecule has 3 aromatic rings. The topological polar surface area (TPSA) is 52.2 Å². The number of aryl methyl sites for hydroxylation is 1. The smallest absolute Gasteiger partial charge is 0.289 e. The molecule has 0 N–H and O–H groups in total. The second-order valence-electron chi connectivity index (χ2n) is 4.33. The van der Waals surface area contributed by atoms with E-state index in [-0.39, 0.29) is 5.69 Å². The molecule has 0 saturated carbocycles. The van der Waals surface area contributed by atoms with Gasteiger partial charge in [0.2, 0.25) is 0 Å². The molecule has 1 aromatic carbocycles. The van der Waals surface area contributed by atoms with Gasteiger partial charge in [-0.05, 0) is 12.1 Å². The molecule has 0 radical (unpaired) electrons. The van der Waals surface area contributed by atoms with Crippen molar-refractivity contribution in [1.29, 1.82) is 0 Å². The van der Waals surface area contributed by atoms with E-state index in [0.29, 0.717) is 24.4 Å². The number of rotatable bonds is 3. The minimum atomic E-state index is -0.115. The first-order valence-corrected chi connectivity index (χ1v) is 6.24. The zero-order valence-electron chi connectivity index (χ0n) is 10.7. The summed E-state index contributed by atoms with van der Waals surface area (Å²) < 4.78 is 3.28. The Morgan fingerprint density at radius 3 is 2.84 bits per heavy atom. The second kappa shape index (κ2) is 4.35. The Hall–Kier alpha value is -2.43. The van der Waals surface area contributed by atoms with Gasteiger partial charge in [-0.3, -0.25) is 4.57 Å². The molecule has 0 saturated heterocycles. The van der Waals surface area contributed by atoms with Crippen molar-refractivity contribution < 1.29 is 0 Å². The Balaban J connectivity index is 2.58. The van der Waals surface area contributed by atoms with E-state index in [2.05, 4.69) is 16.8 Å². The molecule has 3 rings (SSSR count). The van der Waals surface area contributed by atoms with Gasteiger partial charge in [0.1, 0.15) is 5.82 Å². The van der Waals surface area contributed by atoms with Gasteiger partial charge in [-0.25, -0.2) is 9.20 Å². The van der Waals surface area contributed by atoms with Gasteiger partial charge in [0.05, 0.1) is 5.52 Å². The zero-order chi connectivity index (χ0) is 13.4. The van der Waals surface area contributed by atoms with Gasteiger partial charge < -0.3 is 0 Å². The molecular formula is C14H14N4O. The van der Waals surface area contributed by atoms with Crippen molar-refractivity contribution in [3.8, 4) is 0 Å². The maximum Gasteiger partial charge on any atom is 0.336 e. The summed E-state index contributed by atoms with van der Waals surface area (Å²) in [6, 6.07) is 7.72. The van der Waals surface area contributed by atoms with Crippen LogP contribution in [0.4, 0.5) is 0 Å². The van der Waals surface area contributed by atoms with E-state index in [1.165, 1.54) is 0 Å². The minimum Gasteiger partial charge on any atom is -0.289 e. The highest BCUT2D eigenvalue weighted by molar-refractivity contribution is 5.91. The Bertz CT molecular complexity index is 828. The molecule has 0 amide bonds. The van der Waals surface area contributed by atoms with Crippen LogP contribution < -0.4 is 5.69 Å². The fourth-order valence-corrected chi connectivity index (χ4v) is 2.35. The molecule has 5 nitrogen and oxygen atoms in total. The van der Waals surface area contributed by atoms with Crippen LogP contribution in [-0.2, 0) is 13.0 Å². The van der Waals surface area contributed by atoms with Crippen molar-refractivity contribution in [2.24, 2.45) is 0 Å². The van der Waals surface area contributed by atoms with Gasteiger partial charge >= 0.3 is 5.69 Å². The first-order chi connectivity index (χ1) is 9.27. The number of allylic oxidation sites excluding steroid dienone is 1. The molecule has 2 aromatic heterocycles. The molecule has 2 heterocycles. The van der Waals surface area contributed by atoms with Crippen LogP contribution in [0.5, 0.6) is 0 Å². The Morgan fingerprint density at radius 1 is 1.32 bits per heavy atom. The van der Waals surface area contributed by atoms with Gasteiger partial charge in [-0.1, -0.05) is 25.1 Å². The lowest BCUT2D eigenvalue weighted by Gasteiger charge is -2.09. The monoisotopic (exact) mass is 254 g/mol. The van der Waals surface area contributed by atoms with Crippen molar-refractivity contribution in [3.05, 3.63) is 53.2 Å². The Labute approximate surface area is 109 Å². The molecule has 0 unspecified atom stereocenters. The van der Waals surface area contributed by atoms with Crippen molar-refractivity contribution >= 4 is 16.6 Å². The van der Waals surface area contributed by atoms with Crippen LogP contribution in [0.2, 0.25) is 0 Å². The average Bonchev–Trinajstić information content (AvgIpc) is 2.87. The largest absolute Gasteiger partial charge is 0.336 e. The lowest BCUT2D eigenvalue weighted by molar-refractivity contribution is 0.744. The molecule has 0 spiro atoms. The van der Waals surface area contributed by atoms with Crippen molar-refractivity contribution in [2.45, 2.75) is 19.9 Å². The summed E-state index contributed by atoms with van der Waals surface area (Å²) in [4.78, 5) is 12.6. The van der Waals surface area contributed by atoms with Crippen molar-refractivity contribution in [1.82, 2.24) is 19.2 Å². The van der Waals surface area contributed by atoms with Crippen LogP contribution in [0.3, 0.4) is 0 Å². The summed E-state index contributed by atoms with van der Waals surface area (Å²) >= 11 is 0. The van der Waals surface area contributed by atoms with E-state index in [1.807, 2.05) is 31.2 Å². The molecule has 0 fully saturated rings. The van der Waals surface area contributed by atoms with Gasteiger partial charge in [0, 0.05) is 18.4 Å². The van der Waals surface area contributed by atoms with Gasteiger partial charge in [-0.2, -0.15) is 0 Å². The molecule has 19 heavy (non-hydrogen) atoms. The quantitative estimate of drug-likeness (QED) is 0.670. The molecule has 0 aliphatic heterocycles. The van der Waals surface area contributed by atoms with Crippen molar-refractivity contribution in [2.75, 3.05) is 0 Å². The van der Waals surface area contributed by atoms with Gasteiger partial charge in [0.15, 0.2) is 5.65 Å². The maximum atomic E-state index is 12.6. The first kappa shape index (κ1) is 11.6. The molecular weight excluding hydrogens is 240 g/mol. The zero-order valence-corrected chi connectivity index (χ0v) is 10.7. The second-order valence-corrected chi connectivity index (χ2v) is 4.33. The molecule has 0 aliphatic carbocycles. The first-order valence-electron chi connectivity index (χ1n) is 6.24. The fraction of sp³-hybridized carbons (Fsp3) is 0.214. The number of hydrogen-bond acceptors (Lipinski definition) is 3. The highest BCUT2D eigenvalue weighted by Gasteiger charge is 2.14. The predicted molar refractivity (Wildman–Crippen MR) is 74.3 cm³/mol. The summed E-state index contributed by atoms with van der Waals surface area (Å²) in [7, 11) is 0. The maximum absolute atomic E-state index is 12.6. The van der Waals surface area contributed by atoms with E-state index in [1.54, 1.807) is 15.0 Å². The molecule has 0 aliphatic rings. The summed E-state index contributed by atoms with van der Waals surface area (Å²) in [6.07, 6.45) is 2.39. The lowest BCUT2D eigenvalue weighted by atomic mass is 10.2.